The van der Waals surface area contributed by atoms with Gasteiger partial charge in [-0.3, -0.25) is 0 Å². The lowest BCUT2D eigenvalue weighted by Crippen LogP contribution is -2.31. The van der Waals surface area contributed by atoms with E-state index < -0.39 is 6.04 Å². The molecule has 0 bridgehead atoms. The maximum atomic E-state index is 12.9. The van der Waals surface area contributed by atoms with E-state index in [0.717, 1.165) is 25.7 Å². The van der Waals surface area contributed by atoms with Crippen molar-refractivity contribution in [2.75, 3.05) is 5.32 Å². The number of hydrogen-bond acceptors (Lipinski definition) is 7. The van der Waals surface area contributed by atoms with Gasteiger partial charge in [0, 0.05) is 5.70 Å². The monoisotopic (exact) mass is 329 g/mol. The van der Waals surface area contributed by atoms with Crippen molar-refractivity contribution in [1.82, 2.24) is 20.2 Å². The number of rotatable bonds is 3. The van der Waals surface area contributed by atoms with Crippen LogP contribution in [0.4, 0.5) is 5.95 Å². The number of tetrazole rings is 1. The predicted octanol–water partition coefficient (Wildman–Crippen LogP) is 2.43. The number of hydrogen-bond donors (Lipinski definition) is 1. The summed E-state index contributed by atoms with van der Waals surface area (Å²) in [5.74, 6) is 0.734. The van der Waals surface area contributed by atoms with Gasteiger partial charge in [0.05, 0.1) is 11.8 Å². The highest BCUT2D eigenvalue weighted by molar-refractivity contribution is 5.92. The van der Waals surface area contributed by atoms with Gasteiger partial charge in [-0.2, -0.15) is 4.68 Å². The molecular weight excluding hydrogens is 310 g/mol. The number of allylic oxidation sites excluding steroid dienone is 1. The van der Waals surface area contributed by atoms with Crippen molar-refractivity contribution in [2.45, 2.75) is 51.2 Å². The van der Waals surface area contributed by atoms with Crippen molar-refractivity contribution in [3.63, 3.8) is 0 Å². The molecule has 2 aromatic rings. The second kappa shape index (κ2) is 6.10. The zero-order valence-corrected chi connectivity index (χ0v) is 13.4. The van der Waals surface area contributed by atoms with Crippen molar-refractivity contribution in [3.8, 4) is 0 Å². The number of furan rings is 1. The Morgan fingerprint density at radius 1 is 1.38 bits per heavy atom. The third-order valence-electron chi connectivity index (χ3n) is 4.57. The van der Waals surface area contributed by atoms with E-state index in [1.807, 2.05) is 13.0 Å². The van der Waals surface area contributed by atoms with Crippen LogP contribution in [-0.2, 0) is 9.53 Å². The summed E-state index contributed by atoms with van der Waals surface area (Å²) in [5, 5.41) is 14.7. The highest BCUT2D eigenvalue weighted by Crippen LogP contribution is 2.35. The van der Waals surface area contributed by atoms with Crippen molar-refractivity contribution >= 4 is 11.9 Å². The fraction of sp³-hybridized carbons (Fsp3) is 0.500. The molecule has 8 heteroatoms. The zero-order chi connectivity index (χ0) is 16.5. The maximum absolute atomic E-state index is 12.9. The lowest BCUT2D eigenvalue weighted by atomic mass is 9.97. The second-order valence-electron chi connectivity index (χ2n) is 6.19. The molecule has 1 N–H and O–H groups in total. The molecule has 24 heavy (non-hydrogen) atoms. The third-order valence-corrected chi connectivity index (χ3v) is 4.57. The van der Waals surface area contributed by atoms with E-state index in [0.29, 0.717) is 23.0 Å². The lowest BCUT2D eigenvalue weighted by Gasteiger charge is -2.28. The molecule has 126 valence electrons. The molecule has 1 atom stereocenters. The molecule has 2 aliphatic rings. The predicted molar refractivity (Wildman–Crippen MR) is 84.0 cm³/mol. The van der Waals surface area contributed by atoms with Gasteiger partial charge >= 0.3 is 5.97 Å². The highest BCUT2D eigenvalue weighted by Gasteiger charge is 2.37. The number of esters is 1. The fourth-order valence-electron chi connectivity index (χ4n) is 3.38. The topological polar surface area (TPSA) is 95.1 Å². The summed E-state index contributed by atoms with van der Waals surface area (Å²) in [5.41, 5.74) is 1.16. The minimum atomic E-state index is -0.526. The Hall–Kier alpha value is -2.64. The standard InChI is InChI=1S/C16H19N5O3/c1-10-13(15(22)24-11-6-3-2-4-7-11)14(12-8-5-9-23-12)21-16(17-10)18-19-20-21/h5,8-9,11,14H,2-4,6-7H2,1H3,(H,17,18,20)/t14-/m1/s1. The van der Waals surface area contributed by atoms with Crippen molar-refractivity contribution < 1.29 is 13.9 Å². The molecule has 8 nitrogen and oxygen atoms in total. The summed E-state index contributed by atoms with van der Waals surface area (Å²) in [4.78, 5) is 12.9. The van der Waals surface area contributed by atoms with E-state index in [9.17, 15) is 4.79 Å². The van der Waals surface area contributed by atoms with Crippen LogP contribution >= 0.6 is 0 Å². The molecule has 4 rings (SSSR count). The van der Waals surface area contributed by atoms with Gasteiger partial charge in [0.25, 0.3) is 0 Å². The van der Waals surface area contributed by atoms with Crippen molar-refractivity contribution in [2.24, 2.45) is 0 Å². The summed E-state index contributed by atoms with van der Waals surface area (Å²) >= 11 is 0. The van der Waals surface area contributed by atoms with Gasteiger partial charge in [-0.15, -0.1) is 0 Å². The molecule has 0 spiro atoms. The summed E-state index contributed by atoms with van der Waals surface area (Å²) < 4.78 is 12.8. The zero-order valence-electron chi connectivity index (χ0n) is 13.4. The normalized spacial score (nSPS) is 21.3. The number of carbonyl (C=O) groups is 1. The van der Waals surface area contributed by atoms with E-state index in [1.165, 1.54) is 6.42 Å². The molecule has 0 radical (unpaired) electrons. The molecule has 0 saturated heterocycles. The van der Waals surface area contributed by atoms with Crippen LogP contribution in [0, 0.1) is 0 Å². The van der Waals surface area contributed by atoms with Gasteiger partial charge in [0.1, 0.15) is 17.9 Å². The van der Waals surface area contributed by atoms with Crippen LogP contribution in [0.2, 0.25) is 0 Å². The van der Waals surface area contributed by atoms with Crippen LogP contribution in [0.25, 0.3) is 0 Å². The first kappa shape index (κ1) is 14.9. The molecule has 1 fully saturated rings. The van der Waals surface area contributed by atoms with Crippen LogP contribution < -0.4 is 5.32 Å². The average molecular weight is 329 g/mol. The lowest BCUT2D eigenvalue weighted by molar-refractivity contribution is -0.146. The Morgan fingerprint density at radius 2 is 2.21 bits per heavy atom. The Labute approximate surface area is 138 Å². The second-order valence-corrected chi connectivity index (χ2v) is 6.19. The summed E-state index contributed by atoms with van der Waals surface area (Å²) in [6, 6.07) is 3.06. The number of nitrogens with one attached hydrogen (secondary N) is 1. The number of carbonyl (C=O) groups excluding carboxylic acids is 1. The van der Waals surface area contributed by atoms with E-state index in [-0.39, 0.29) is 12.1 Å². The summed E-state index contributed by atoms with van der Waals surface area (Å²) in [6.45, 7) is 1.82. The van der Waals surface area contributed by atoms with Gasteiger partial charge in [0.2, 0.25) is 5.95 Å². The minimum Gasteiger partial charge on any atom is -0.467 e. The van der Waals surface area contributed by atoms with Crippen LogP contribution in [0.5, 0.6) is 0 Å². The van der Waals surface area contributed by atoms with Crippen LogP contribution in [-0.4, -0.2) is 32.3 Å². The molecule has 1 aliphatic heterocycles. The molecule has 1 aliphatic carbocycles. The highest BCUT2D eigenvalue weighted by atomic mass is 16.5. The SMILES string of the molecule is CC1=C(C(=O)OC2CCCCC2)[C@@H](c2ccco2)n2nnnc2N1. The van der Waals surface area contributed by atoms with Crippen LogP contribution in [0.15, 0.2) is 34.1 Å². The Kier molecular flexibility index (Phi) is 3.79. The number of nitrogens with zero attached hydrogens (tertiary/aromatic N) is 4. The Morgan fingerprint density at radius 3 is 2.96 bits per heavy atom. The molecule has 1 saturated carbocycles. The van der Waals surface area contributed by atoms with Crippen molar-refractivity contribution in [3.05, 3.63) is 35.4 Å². The first-order valence-electron chi connectivity index (χ1n) is 8.24. The average Bonchev–Trinajstić information content (AvgIpc) is 3.25. The third kappa shape index (κ3) is 2.57. The van der Waals surface area contributed by atoms with Crippen molar-refractivity contribution in [1.29, 1.82) is 0 Å². The Bertz CT molecular complexity index is 759. The smallest absolute Gasteiger partial charge is 0.338 e. The van der Waals surface area contributed by atoms with Gasteiger partial charge in [0.15, 0.2) is 0 Å². The maximum Gasteiger partial charge on any atom is 0.338 e. The van der Waals surface area contributed by atoms with Crippen LogP contribution in [0.3, 0.4) is 0 Å². The molecule has 2 aromatic heterocycles. The van der Waals surface area contributed by atoms with E-state index >= 15 is 0 Å². The number of fused-ring (bicyclic) bond motifs is 1. The number of ether oxygens (including phenoxy) is 1. The van der Waals surface area contributed by atoms with Gasteiger partial charge < -0.3 is 14.5 Å². The number of aromatic nitrogens is 4. The first-order valence-corrected chi connectivity index (χ1v) is 8.24. The molecule has 0 amide bonds. The summed E-state index contributed by atoms with van der Waals surface area (Å²) in [7, 11) is 0. The molecule has 3 heterocycles. The fourth-order valence-corrected chi connectivity index (χ4v) is 3.38. The number of anilines is 1. The van der Waals surface area contributed by atoms with Crippen LogP contribution in [0.1, 0.15) is 50.8 Å². The largest absolute Gasteiger partial charge is 0.467 e. The molecule has 0 aromatic carbocycles. The van der Waals surface area contributed by atoms with Gasteiger partial charge in [-0.1, -0.05) is 11.5 Å². The van der Waals surface area contributed by atoms with E-state index in [1.54, 1.807) is 17.0 Å². The summed E-state index contributed by atoms with van der Waals surface area (Å²) in [6.07, 6.45) is 6.82. The first-order chi connectivity index (χ1) is 11.7. The molecule has 0 unspecified atom stereocenters. The van der Waals surface area contributed by atoms with Gasteiger partial charge in [-0.25, -0.2) is 4.79 Å². The van der Waals surface area contributed by atoms with E-state index in [2.05, 4.69) is 20.8 Å². The minimum absolute atomic E-state index is 0.0148. The molecular formula is C16H19N5O3. The Balaban J connectivity index is 1.67. The van der Waals surface area contributed by atoms with Gasteiger partial charge in [-0.05, 0) is 55.2 Å². The van der Waals surface area contributed by atoms with E-state index in [4.69, 9.17) is 9.15 Å². The quantitative estimate of drug-likeness (QED) is 0.864.